The summed E-state index contributed by atoms with van der Waals surface area (Å²) in [5.41, 5.74) is 3.49. The SMILES string of the molecule is Cc1nn(C)c2sc(C(=O)N3c4ccccc4N(Cc4ccccc4)C(=O)CC3C)cc12. The van der Waals surface area contributed by atoms with Gasteiger partial charge in [-0.3, -0.25) is 14.3 Å². The van der Waals surface area contributed by atoms with E-state index in [9.17, 15) is 9.59 Å². The van der Waals surface area contributed by atoms with Crippen molar-refractivity contribution in [1.82, 2.24) is 9.78 Å². The Morgan fingerprint density at radius 3 is 2.50 bits per heavy atom. The van der Waals surface area contributed by atoms with Crippen LogP contribution in [-0.2, 0) is 18.4 Å². The average molecular weight is 445 g/mol. The average Bonchev–Trinajstić information content (AvgIpc) is 3.31. The highest BCUT2D eigenvalue weighted by Gasteiger charge is 2.35. The van der Waals surface area contributed by atoms with Gasteiger partial charge in [0.05, 0.1) is 28.5 Å². The van der Waals surface area contributed by atoms with Gasteiger partial charge >= 0.3 is 0 Å². The number of aromatic nitrogens is 2. The maximum atomic E-state index is 13.8. The van der Waals surface area contributed by atoms with E-state index in [1.807, 2.05) is 86.2 Å². The smallest absolute Gasteiger partial charge is 0.268 e. The molecular weight excluding hydrogens is 420 g/mol. The number of fused-ring (bicyclic) bond motifs is 2. The first-order chi connectivity index (χ1) is 15.4. The summed E-state index contributed by atoms with van der Waals surface area (Å²) in [7, 11) is 1.89. The van der Waals surface area contributed by atoms with Gasteiger partial charge in [0, 0.05) is 24.9 Å². The lowest BCUT2D eigenvalue weighted by Crippen LogP contribution is -2.39. The van der Waals surface area contributed by atoms with Crippen LogP contribution < -0.4 is 9.80 Å². The Morgan fingerprint density at radius 1 is 1.09 bits per heavy atom. The second-order valence-corrected chi connectivity index (χ2v) is 9.25. The van der Waals surface area contributed by atoms with E-state index in [2.05, 4.69) is 5.10 Å². The molecule has 1 aliphatic heterocycles. The Morgan fingerprint density at radius 2 is 1.78 bits per heavy atom. The van der Waals surface area contributed by atoms with Gasteiger partial charge in [-0.25, -0.2) is 0 Å². The van der Waals surface area contributed by atoms with Crippen molar-refractivity contribution in [1.29, 1.82) is 0 Å². The number of benzene rings is 2. The van der Waals surface area contributed by atoms with Crippen LogP contribution in [0.5, 0.6) is 0 Å². The van der Waals surface area contributed by atoms with Crippen LogP contribution in [0.1, 0.15) is 34.3 Å². The zero-order valence-electron chi connectivity index (χ0n) is 18.3. The Labute approximate surface area is 190 Å². The maximum absolute atomic E-state index is 13.8. The van der Waals surface area contributed by atoms with Crippen molar-refractivity contribution in [2.24, 2.45) is 7.05 Å². The van der Waals surface area contributed by atoms with Crippen molar-refractivity contribution in [3.05, 3.63) is 76.8 Å². The van der Waals surface area contributed by atoms with Crippen LogP contribution in [0.2, 0.25) is 0 Å². The molecule has 0 N–H and O–H groups in total. The quantitative estimate of drug-likeness (QED) is 0.451. The van der Waals surface area contributed by atoms with Gasteiger partial charge in [-0.05, 0) is 37.6 Å². The number of hydrogen-bond acceptors (Lipinski definition) is 4. The van der Waals surface area contributed by atoms with Crippen LogP contribution in [0.25, 0.3) is 10.2 Å². The Bertz CT molecular complexity index is 1290. The van der Waals surface area contributed by atoms with Crippen LogP contribution in [0, 0.1) is 6.92 Å². The molecule has 0 fully saturated rings. The summed E-state index contributed by atoms with van der Waals surface area (Å²) in [4.78, 5) is 32.2. The highest BCUT2D eigenvalue weighted by molar-refractivity contribution is 7.20. The standard InChI is InChI=1S/C25H24N4O2S/c1-16-13-23(30)28(15-18-9-5-4-6-10-18)20-11-7-8-12-21(20)29(16)24(31)22-14-19-17(2)26-27(3)25(19)32-22/h4-12,14,16H,13,15H2,1-3H3. The fraction of sp³-hybridized carbons (Fsp3) is 0.240. The normalized spacial score (nSPS) is 16.3. The molecule has 2 aromatic heterocycles. The van der Waals surface area contributed by atoms with E-state index in [4.69, 9.17) is 0 Å². The molecule has 2 aromatic carbocycles. The molecule has 5 rings (SSSR count). The number of carbonyl (C=O) groups is 2. The number of amides is 2. The van der Waals surface area contributed by atoms with Crippen molar-refractivity contribution in [2.75, 3.05) is 9.80 Å². The fourth-order valence-electron chi connectivity index (χ4n) is 4.40. The molecule has 7 heteroatoms. The Kier molecular flexibility index (Phi) is 5.06. The molecule has 6 nitrogen and oxygen atoms in total. The van der Waals surface area contributed by atoms with Gasteiger partial charge in [-0.2, -0.15) is 5.10 Å². The third-order valence-corrected chi connectivity index (χ3v) is 7.14. The maximum Gasteiger partial charge on any atom is 0.268 e. The minimum atomic E-state index is -0.263. The number of carbonyl (C=O) groups excluding carboxylic acids is 2. The Balaban J connectivity index is 1.58. The molecule has 0 bridgehead atoms. The molecule has 0 saturated carbocycles. The number of aryl methyl sites for hydroxylation is 2. The van der Waals surface area contributed by atoms with E-state index < -0.39 is 0 Å². The summed E-state index contributed by atoms with van der Waals surface area (Å²) in [6.45, 7) is 4.37. The molecule has 1 atom stereocenters. The zero-order valence-corrected chi connectivity index (χ0v) is 19.1. The third-order valence-electron chi connectivity index (χ3n) is 5.95. The summed E-state index contributed by atoms with van der Waals surface area (Å²) in [6.07, 6.45) is 0.263. The lowest BCUT2D eigenvalue weighted by atomic mass is 10.1. The van der Waals surface area contributed by atoms with Crippen molar-refractivity contribution in [3.8, 4) is 0 Å². The summed E-state index contributed by atoms with van der Waals surface area (Å²) in [5, 5.41) is 5.44. The molecule has 162 valence electrons. The van der Waals surface area contributed by atoms with E-state index in [1.54, 1.807) is 9.80 Å². The van der Waals surface area contributed by atoms with E-state index in [-0.39, 0.29) is 24.3 Å². The summed E-state index contributed by atoms with van der Waals surface area (Å²) in [6, 6.07) is 19.3. The fourth-order valence-corrected chi connectivity index (χ4v) is 5.46. The van der Waals surface area contributed by atoms with Crippen LogP contribution in [-0.4, -0.2) is 27.6 Å². The minimum Gasteiger partial charge on any atom is -0.306 e. The van der Waals surface area contributed by atoms with Crippen LogP contribution in [0.3, 0.4) is 0 Å². The zero-order chi connectivity index (χ0) is 22.4. The molecule has 0 radical (unpaired) electrons. The van der Waals surface area contributed by atoms with Crippen molar-refractivity contribution in [2.45, 2.75) is 32.9 Å². The molecule has 32 heavy (non-hydrogen) atoms. The first-order valence-corrected chi connectivity index (χ1v) is 11.5. The number of nitrogens with zero attached hydrogens (tertiary/aromatic N) is 4. The monoisotopic (exact) mass is 444 g/mol. The molecule has 3 heterocycles. The second kappa shape index (κ2) is 7.91. The highest BCUT2D eigenvalue weighted by atomic mass is 32.1. The molecule has 0 saturated heterocycles. The molecule has 2 amide bonds. The van der Waals surface area contributed by atoms with Crippen molar-refractivity contribution >= 4 is 44.7 Å². The molecule has 1 unspecified atom stereocenters. The number of thiophene rings is 1. The topological polar surface area (TPSA) is 58.4 Å². The molecule has 1 aliphatic rings. The lowest BCUT2D eigenvalue weighted by Gasteiger charge is -2.28. The lowest BCUT2D eigenvalue weighted by molar-refractivity contribution is -0.118. The third kappa shape index (κ3) is 3.39. The number of para-hydroxylation sites is 2. The first kappa shape index (κ1) is 20.5. The van der Waals surface area contributed by atoms with E-state index >= 15 is 0 Å². The summed E-state index contributed by atoms with van der Waals surface area (Å²) >= 11 is 1.44. The van der Waals surface area contributed by atoms with Gasteiger partial charge in [0.15, 0.2) is 0 Å². The van der Waals surface area contributed by atoms with Crippen molar-refractivity contribution in [3.63, 3.8) is 0 Å². The van der Waals surface area contributed by atoms with Gasteiger partial charge in [-0.1, -0.05) is 42.5 Å². The van der Waals surface area contributed by atoms with Gasteiger partial charge in [-0.15, -0.1) is 11.3 Å². The predicted octanol–water partition coefficient (Wildman–Crippen LogP) is 4.92. The predicted molar refractivity (Wildman–Crippen MR) is 128 cm³/mol. The van der Waals surface area contributed by atoms with Gasteiger partial charge < -0.3 is 9.80 Å². The summed E-state index contributed by atoms with van der Waals surface area (Å²) in [5.74, 6) is -0.0691. The second-order valence-electron chi connectivity index (χ2n) is 8.22. The molecular formula is C25H24N4O2S. The summed E-state index contributed by atoms with van der Waals surface area (Å²) < 4.78 is 1.82. The van der Waals surface area contributed by atoms with E-state index in [1.165, 1.54) is 11.3 Å². The van der Waals surface area contributed by atoms with E-state index in [0.29, 0.717) is 11.4 Å². The number of anilines is 2. The van der Waals surface area contributed by atoms with Crippen LogP contribution >= 0.6 is 11.3 Å². The molecule has 4 aromatic rings. The molecule has 0 aliphatic carbocycles. The first-order valence-electron chi connectivity index (χ1n) is 10.6. The van der Waals surface area contributed by atoms with Gasteiger partial charge in [0.25, 0.3) is 5.91 Å². The van der Waals surface area contributed by atoms with Crippen molar-refractivity contribution < 1.29 is 9.59 Å². The van der Waals surface area contributed by atoms with E-state index in [0.717, 1.165) is 32.8 Å². The Hall–Kier alpha value is -3.45. The number of rotatable bonds is 3. The van der Waals surface area contributed by atoms with Gasteiger partial charge in [0.1, 0.15) is 4.83 Å². The number of hydrogen-bond donors (Lipinski definition) is 0. The molecule has 0 spiro atoms. The van der Waals surface area contributed by atoms with Crippen LogP contribution in [0.4, 0.5) is 11.4 Å². The highest BCUT2D eigenvalue weighted by Crippen LogP contribution is 2.38. The van der Waals surface area contributed by atoms with Gasteiger partial charge in [0.2, 0.25) is 5.91 Å². The minimum absolute atomic E-state index is 0.0143. The van der Waals surface area contributed by atoms with Crippen LogP contribution in [0.15, 0.2) is 60.7 Å². The largest absolute Gasteiger partial charge is 0.306 e.